The van der Waals surface area contributed by atoms with E-state index in [-0.39, 0.29) is 11.9 Å². The molecule has 21 heavy (non-hydrogen) atoms. The van der Waals surface area contributed by atoms with Crippen LogP contribution in [0.2, 0.25) is 0 Å². The first kappa shape index (κ1) is 14.8. The number of rotatable bonds is 0. The van der Waals surface area contributed by atoms with Gasteiger partial charge in [-0.1, -0.05) is 56.6 Å². The number of carbonyl (C=O) groups is 2. The monoisotopic (exact) mass is 290 g/mol. The van der Waals surface area contributed by atoms with Crippen LogP contribution in [0.5, 0.6) is 0 Å². The molecule has 2 atom stereocenters. The van der Waals surface area contributed by atoms with Gasteiger partial charge in [0.15, 0.2) is 0 Å². The Hall–Kier alpha value is -1.12. The molecule has 1 heterocycles. The highest BCUT2D eigenvalue weighted by Gasteiger charge is 2.67. The van der Waals surface area contributed by atoms with Gasteiger partial charge in [-0.05, 0) is 32.6 Å². The predicted molar refractivity (Wildman–Crippen MR) is 80.5 cm³/mol. The molecule has 0 bridgehead atoms. The molecule has 0 aromatic carbocycles. The Kier molecular flexibility index (Phi) is 3.94. The summed E-state index contributed by atoms with van der Waals surface area (Å²) in [5.41, 5.74) is 0.119. The number of hydrogen-bond acceptors (Lipinski definition) is 3. The predicted octanol–water partition coefficient (Wildman–Crippen LogP) is 4.31. The third-order valence-electron chi connectivity index (χ3n) is 5.97. The minimum absolute atomic E-state index is 0.237. The second kappa shape index (κ2) is 5.58. The number of hydrogen-bond donors (Lipinski definition) is 0. The molecule has 1 saturated heterocycles. The van der Waals surface area contributed by atoms with Crippen LogP contribution in [0, 0.1) is 10.8 Å². The molecule has 0 N–H and O–H groups in total. The van der Waals surface area contributed by atoms with Crippen molar-refractivity contribution in [3.8, 4) is 0 Å². The summed E-state index contributed by atoms with van der Waals surface area (Å²) in [5.74, 6) is -0.477. The highest BCUT2D eigenvalue weighted by atomic mass is 16.6. The lowest BCUT2D eigenvalue weighted by atomic mass is 9.54. The second-order valence-corrected chi connectivity index (χ2v) is 7.25. The van der Waals surface area contributed by atoms with Gasteiger partial charge in [-0.15, -0.1) is 0 Å². The Morgan fingerprint density at radius 2 is 1.38 bits per heavy atom. The van der Waals surface area contributed by atoms with Crippen LogP contribution in [0.15, 0.2) is 11.6 Å². The molecule has 1 aliphatic heterocycles. The largest absolute Gasteiger partial charge is 0.392 e. The van der Waals surface area contributed by atoms with Crippen LogP contribution >= 0.6 is 0 Å². The topological polar surface area (TPSA) is 43.4 Å². The Morgan fingerprint density at radius 1 is 0.857 bits per heavy atom. The molecule has 0 aromatic heterocycles. The molecular formula is C18H26O3. The average Bonchev–Trinajstić information content (AvgIpc) is 2.65. The molecule has 3 rings (SSSR count). The van der Waals surface area contributed by atoms with Gasteiger partial charge in [-0.25, -0.2) is 0 Å². The molecule has 0 spiro atoms. The first-order chi connectivity index (χ1) is 10.1. The molecule has 2 aliphatic carbocycles. The van der Waals surface area contributed by atoms with E-state index in [2.05, 4.69) is 13.0 Å². The van der Waals surface area contributed by atoms with E-state index in [1.54, 1.807) is 0 Å². The molecule has 0 amide bonds. The van der Waals surface area contributed by atoms with Gasteiger partial charge in [-0.2, -0.15) is 0 Å². The summed E-state index contributed by atoms with van der Waals surface area (Å²) in [4.78, 5) is 25.1. The smallest absolute Gasteiger partial charge is 0.321 e. The van der Waals surface area contributed by atoms with Crippen molar-refractivity contribution in [1.82, 2.24) is 0 Å². The van der Waals surface area contributed by atoms with Crippen molar-refractivity contribution in [3.05, 3.63) is 11.6 Å². The van der Waals surface area contributed by atoms with Gasteiger partial charge in [0.25, 0.3) is 0 Å². The van der Waals surface area contributed by atoms with Crippen molar-refractivity contribution in [3.63, 3.8) is 0 Å². The van der Waals surface area contributed by atoms with E-state index in [4.69, 9.17) is 4.74 Å². The van der Waals surface area contributed by atoms with Crippen LogP contribution in [0.25, 0.3) is 0 Å². The molecule has 3 nitrogen and oxygen atoms in total. The first-order valence-electron chi connectivity index (χ1n) is 8.53. The highest BCUT2D eigenvalue weighted by molar-refractivity contribution is 6.02. The van der Waals surface area contributed by atoms with Crippen LogP contribution in [0.1, 0.15) is 77.6 Å². The van der Waals surface area contributed by atoms with E-state index in [1.807, 2.05) is 0 Å². The van der Waals surface area contributed by atoms with Crippen molar-refractivity contribution in [1.29, 1.82) is 0 Å². The van der Waals surface area contributed by atoms with Gasteiger partial charge >= 0.3 is 11.9 Å². The average molecular weight is 290 g/mol. The molecule has 0 radical (unpaired) electrons. The van der Waals surface area contributed by atoms with Crippen LogP contribution in [-0.2, 0) is 14.3 Å². The van der Waals surface area contributed by atoms with Crippen LogP contribution in [0.4, 0.5) is 0 Å². The van der Waals surface area contributed by atoms with Gasteiger partial charge in [0.1, 0.15) is 0 Å². The zero-order valence-electron chi connectivity index (χ0n) is 13.1. The SMILES string of the molecule is CC1=CC[C@]23CCCCCCCCC[C@@]2(C1)C(=O)OC3=O. The minimum atomic E-state index is -0.562. The highest BCUT2D eigenvalue weighted by Crippen LogP contribution is 2.60. The lowest BCUT2D eigenvalue weighted by Crippen LogP contribution is -2.46. The summed E-state index contributed by atoms with van der Waals surface area (Å²) in [6.07, 6.45) is 13.4. The molecule has 2 fully saturated rings. The van der Waals surface area contributed by atoms with Crippen LogP contribution in [-0.4, -0.2) is 11.9 Å². The quantitative estimate of drug-likeness (QED) is 0.379. The van der Waals surface area contributed by atoms with E-state index in [9.17, 15) is 9.59 Å². The maximum Gasteiger partial charge on any atom is 0.321 e. The van der Waals surface area contributed by atoms with E-state index >= 15 is 0 Å². The summed E-state index contributed by atoms with van der Waals surface area (Å²) in [5, 5.41) is 0. The number of ether oxygens (including phenoxy) is 1. The third kappa shape index (κ3) is 2.25. The summed E-state index contributed by atoms with van der Waals surface area (Å²) < 4.78 is 5.20. The molecule has 116 valence electrons. The Morgan fingerprint density at radius 3 is 2.05 bits per heavy atom. The zero-order chi connectivity index (χ0) is 14.9. The van der Waals surface area contributed by atoms with Gasteiger partial charge in [0, 0.05) is 0 Å². The molecular weight excluding hydrogens is 264 g/mol. The van der Waals surface area contributed by atoms with Gasteiger partial charge in [0.05, 0.1) is 10.8 Å². The van der Waals surface area contributed by atoms with Crippen molar-refractivity contribution >= 4 is 11.9 Å². The lowest BCUT2D eigenvalue weighted by molar-refractivity contribution is -0.156. The van der Waals surface area contributed by atoms with Gasteiger partial charge in [0.2, 0.25) is 0 Å². The lowest BCUT2D eigenvalue weighted by Gasteiger charge is -2.43. The van der Waals surface area contributed by atoms with Crippen molar-refractivity contribution in [2.75, 3.05) is 0 Å². The number of allylic oxidation sites excluding steroid dienone is 2. The fourth-order valence-electron chi connectivity index (χ4n) is 4.70. The Balaban J connectivity index is 2.00. The standard InChI is InChI=1S/C18H26O3/c1-14-9-12-17-10-7-5-3-2-4-6-8-11-18(17,13-14)16(20)21-15(17)19/h9H,2-8,10-13H2,1H3/t17-,18+/m0/s1. The summed E-state index contributed by atoms with van der Waals surface area (Å²) >= 11 is 0. The normalized spacial score (nSPS) is 37.9. The van der Waals surface area contributed by atoms with Crippen LogP contribution in [0.3, 0.4) is 0 Å². The van der Waals surface area contributed by atoms with E-state index < -0.39 is 10.8 Å². The molecule has 1 saturated carbocycles. The molecule has 3 heteroatoms. The maximum atomic E-state index is 12.6. The van der Waals surface area contributed by atoms with Crippen LogP contribution < -0.4 is 0 Å². The Labute approximate surface area is 127 Å². The summed E-state index contributed by atoms with van der Waals surface area (Å²) in [7, 11) is 0. The minimum Gasteiger partial charge on any atom is -0.392 e. The maximum absolute atomic E-state index is 12.6. The molecule has 0 unspecified atom stereocenters. The van der Waals surface area contributed by atoms with E-state index in [0.29, 0.717) is 6.42 Å². The summed E-state index contributed by atoms with van der Waals surface area (Å²) in [6, 6.07) is 0. The summed E-state index contributed by atoms with van der Waals surface area (Å²) in [6.45, 7) is 2.08. The van der Waals surface area contributed by atoms with Crippen molar-refractivity contribution in [2.45, 2.75) is 77.6 Å². The fraction of sp³-hybridized carbons (Fsp3) is 0.778. The molecule has 0 aromatic rings. The van der Waals surface area contributed by atoms with E-state index in [1.165, 1.54) is 37.7 Å². The third-order valence-corrected chi connectivity index (χ3v) is 5.97. The second-order valence-electron chi connectivity index (χ2n) is 7.25. The Bertz CT molecular complexity index is 479. The van der Waals surface area contributed by atoms with Gasteiger partial charge < -0.3 is 4.74 Å². The van der Waals surface area contributed by atoms with E-state index in [0.717, 1.165) is 32.1 Å². The number of cyclic esters (lactones) is 2. The molecule has 3 aliphatic rings. The number of esters is 2. The van der Waals surface area contributed by atoms with Gasteiger partial charge in [-0.3, -0.25) is 9.59 Å². The zero-order valence-corrected chi connectivity index (χ0v) is 13.1. The fourth-order valence-corrected chi connectivity index (χ4v) is 4.70. The first-order valence-corrected chi connectivity index (χ1v) is 8.53. The number of carbonyl (C=O) groups excluding carboxylic acids is 2. The van der Waals surface area contributed by atoms with Crippen molar-refractivity contribution in [2.24, 2.45) is 10.8 Å². The van der Waals surface area contributed by atoms with Crippen molar-refractivity contribution < 1.29 is 14.3 Å².